The van der Waals surface area contributed by atoms with E-state index < -0.39 is 12.6 Å². The van der Waals surface area contributed by atoms with Gasteiger partial charge < -0.3 is 5.32 Å². The standard InChI is InChI=1S/C16H24F3N/c1-3-12-20-15(10-11-16(17,18)19)9-8-14-6-4-13(2)5-7-14/h4-7,15,20H,3,8-12H2,1-2H3. The van der Waals surface area contributed by atoms with E-state index in [0.29, 0.717) is 0 Å². The van der Waals surface area contributed by atoms with Crippen molar-refractivity contribution in [3.63, 3.8) is 0 Å². The predicted octanol–water partition coefficient (Wildman–Crippen LogP) is 4.64. The SMILES string of the molecule is CCCNC(CCc1ccc(C)cc1)CCC(F)(F)F. The van der Waals surface area contributed by atoms with Crippen LogP contribution >= 0.6 is 0 Å². The van der Waals surface area contributed by atoms with E-state index in [4.69, 9.17) is 0 Å². The number of hydrogen-bond acceptors (Lipinski definition) is 1. The lowest BCUT2D eigenvalue weighted by Crippen LogP contribution is -2.31. The van der Waals surface area contributed by atoms with E-state index in [1.54, 1.807) is 0 Å². The summed E-state index contributed by atoms with van der Waals surface area (Å²) in [5, 5.41) is 3.22. The van der Waals surface area contributed by atoms with Crippen molar-refractivity contribution in [3.8, 4) is 0 Å². The van der Waals surface area contributed by atoms with Crippen LogP contribution in [0.1, 0.15) is 43.7 Å². The third-order valence-corrected chi connectivity index (χ3v) is 3.36. The van der Waals surface area contributed by atoms with Gasteiger partial charge in [-0.15, -0.1) is 0 Å². The van der Waals surface area contributed by atoms with Gasteiger partial charge in [0.15, 0.2) is 0 Å². The summed E-state index contributed by atoms with van der Waals surface area (Å²) < 4.78 is 37.0. The van der Waals surface area contributed by atoms with Crippen molar-refractivity contribution in [3.05, 3.63) is 35.4 Å². The molecule has 0 aliphatic carbocycles. The van der Waals surface area contributed by atoms with Crippen molar-refractivity contribution in [2.45, 2.75) is 58.2 Å². The van der Waals surface area contributed by atoms with E-state index in [9.17, 15) is 13.2 Å². The Kier molecular flexibility index (Phi) is 7.06. The summed E-state index contributed by atoms with van der Waals surface area (Å²) in [6, 6.07) is 8.13. The van der Waals surface area contributed by atoms with Crippen LogP contribution in [0.25, 0.3) is 0 Å². The lowest BCUT2D eigenvalue weighted by molar-refractivity contribution is -0.136. The maximum absolute atomic E-state index is 12.3. The van der Waals surface area contributed by atoms with Crippen LogP contribution in [0.2, 0.25) is 0 Å². The second kappa shape index (κ2) is 8.30. The van der Waals surface area contributed by atoms with Gasteiger partial charge in [-0.25, -0.2) is 0 Å². The molecule has 0 spiro atoms. The highest BCUT2D eigenvalue weighted by Crippen LogP contribution is 2.23. The molecule has 0 bridgehead atoms. The van der Waals surface area contributed by atoms with Gasteiger partial charge in [0.05, 0.1) is 0 Å². The average Bonchev–Trinajstić information content (AvgIpc) is 2.38. The van der Waals surface area contributed by atoms with Crippen molar-refractivity contribution in [1.29, 1.82) is 0 Å². The number of alkyl halides is 3. The van der Waals surface area contributed by atoms with Crippen molar-refractivity contribution >= 4 is 0 Å². The summed E-state index contributed by atoms with van der Waals surface area (Å²) in [5.41, 5.74) is 2.39. The molecule has 1 nitrogen and oxygen atoms in total. The molecule has 0 heterocycles. The Hall–Kier alpha value is -1.03. The van der Waals surface area contributed by atoms with Gasteiger partial charge in [0.1, 0.15) is 0 Å². The average molecular weight is 287 g/mol. The number of benzene rings is 1. The normalized spacial score (nSPS) is 13.4. The highest BCUT2D eigenvalue weighted by atomic mass is 19.4. The van der Waals surface area contributed by atoms with Crippen molar-refractivity contribution in [2.24, 2.45) is 0 Å². The molecule has 1 aromatic carbocycles. The molecule has 0 fully saturated rings. The first-order valence-electron chi connectivity index (χ1n) is 7.26. The van der Waals surface area contributed by atoms with E-state index in [1.165, 1.54) is 11.1 Å². The molecule has 0 saturated heterocycles. The van der Waals surface area contributed by atoms with Gasteiger partial charge >= 0.3 is 6.18 Å². The number of nitrogens with one attached hydrogen (secondary N) is 1. The largest absolute Gasteiger partial charge is 0.389 e. The van der Waals surface area contributed by atoms with Gasteiger partial charge in [-0.2, -0.15) is 13.2 Å². The molecule has 0 saturated carbocycles. The Morgan fingerprint density at radius 2 is 1.75 bits per heavy atom. The summed E-state index contributed by atoms with van der Waals surface area (Å²) in [7, 11) is 0. The third-order valence-electron chi connectivity index (χ3n) is 3.36. The minimum absolute atomic E-state index is 0.0575. The fraction of sp³-hybridized carbons (Fsp3) is 0.625. The first-order chi connectivity index (χ1) is 9.40. The molecule has 1 aromatic rings. The summed E-state index contributed by atoms with van der Waals surface area (Å²) in [6.07, 6.45) is -2.10. The molecule has 20 heavy (non-hydrogen) atoms. The number of hydrogen-bond donors (Lipinski definition) is 1. The van der Waals surface area contributed by atoms with E-state index >= 15 is 0 Å². The number of halogens is 3. The van der Waals surface area contributed by atoms with Crippen molar-refractivity contribution < 1.29 is 13.2 Å². The second-order valence-electron chi connectivity index (χ2n) is 5.33. The zero-order valence-corrected chi connectivity index (χ0v) is 12.3. The predicted molar refractivity (Wildman–Crippen MR) is 76.9 cm³/mol. The zero-order chi connectivity index (χ0) is 15.0. The maximum atomic E-state index is 12.3. The first-order valence-corrected chi connectivity index (χ1v) is 7.26. The topological polar surface area (TPSA) is 12.0 Å². The fourth-order valence-corrected chi connectivity index (χ4v) is 2.13. The minimum atomic E-state index is -4.06. The Balaban J connectivity index is 2.44. The van der Waals surface area contributed by atoms with E-state index in [-0.39, 0.29) is 12.5 Å². The highest BCUT2D eigenvalue weighted by Gasteiger charge is 2.28. The van der Waals surface area contributed by atoms with Gasteiger partial charge in [-0.1, -0.05) is 36.8 Å². The molecular weight excluding hydrogens is 263 g/mol. The molecule has 0 aliphatic rings. The Morgan fingerprint density at radius 3 is 2.30 bits per heavy atom. The number of aryl methyl sites for hydroxylation is 2. The molecule has 1 atom stereocenters. The van der Waals surface area contributed by atoms with Crippen LogP contribution in [0.3, 0.4) is 0 Å². The van der Waals surface area contributed by atoms with Gasteiger partial charge in [0, 0.05) is 12.5 Å². The van der Waals surface area contributed by atoms with Gasteiger partial charge in [0.25, 0.3) is 0 Å². The van der Waals surface area contributed by atoms with Gasteiger partial charge in [-0.3, -0.25) is 0 Å². The number of rotatable bonds is 8. The molecule has 1 unspecified atom stereocenters. The van der Waals surface area contributed by atoms with Crippen LogP contribution in [0.4, 0.5) is 13.2 Å². The Labute approximate surface area is 119 Å². The zero-order valence-electron chi connectivity index (χ0n) is 12.3. The van der Waals surface area contributed by atoms with Crippen molar-refractivity contribution in [1.82, 2.24) is 5.32 Å². The van der Waals surface area contributed by atoms with Crippen LogP contribution in [-0.4, -0.2) is 18.8 Å². The molecule has 1 N–H and O–H groups in total. The van der Waals surface area contributed by atoms with Crippen LogP contribution in [-0.2, 0) is 6.42 Å². The lowest BCUT2D eigenvalue weighted by atomic mass is 10.0. The quantitative estimate of drug-likeness (QED) is 0.734. The monoisotopic (exact) mass is 287 g/mol. The molecule has 1 rings (SSSR count). The van der Waals surface area contributed by atoms with Crippen LogP contribution in [0.5, 0.6) is 0 Å². The van der Waals surface area contributed by atoms with Gasteiger partial charge in [0.2, 0.25) is 0 Å². The lowest BCUT2D eigenvalue weighted by Gasteiger charge is -2.19. The smallest absolute Gasteiger partial charge is 0.314 e. The van der Waals surface area contributed by atoms with Gasteiger partial charge in [-0.05, 0) is 44.7 Å². The Morgan fingerprint density at radius 1 is 1.10 bits per heavy atom. The molecule has 0 aliphatic heterocycles. The second-order valence-corrected chi connectivity index (χ2v) is 5.33. The molecule has 4 heteroatoms. The molecule has 0 aromatic heterocycles. The van der Waals surface area contributed by atoms with E-state index in [1.807, 2.05) is 26.0 Å². The van der Waals surface area contributed by atoms with Crippen LogP contribution in [0, 0.1) is 6.92 Å². The maximum Gasteiger partial charge on any atom is 0.389 e. The summed E-state index contributed by atoms with van der Waals surface area (Å²) in [4.78, 5) is 0. The van der Waals surface area contributed by atoms with Crippen molar-refractivity contribution in [2.75, 3.05) is 6.54 Å². The Bertz CT molecular complexity index is 370. The molecular formula is C16H24F3N. The third kappa shape index (κ3) is 7.53. The van der Waals surface area contributed by atoms with E-state index in [0.717, 1.165) is 25.8 Å². The first kappa shape index (κ1) is 17.0. The van der Waals surface area contributed by atoms with Crippen LogP contribution in [0.15, 0.2) is 24.3 Å². The summed E-state index contributed by atoms with van der Waals surface area (Å²) in [6.45, 7) is 4.82. The fourth-order valence-electron chi connectivity index (χ4n) is 2.13. The summed E-state index contributed by atoms with van der Waals surface area (Å²) >= 11 is 0. The molecule has 114 valence electrons. The minimum Gasteiger partial charge on any atom is -0.314 e. The summed E-state index contributed by atoms with van der Waals surface area (Å²) in [5.74, 6) is 0. The van der Waals surface area contributed by atoms with Crippen LogP contribution < -0.4 is 5.32 Å². The van der Waals surface area contributed by atoms with E-state index in [2.05, 4.69) is 17.4 Å². The highest BCUT2D eigenvalue weighted by molar-refractivity contribution is 5.21. The molecule has 0 radical (unpaired) electrons. The molecule has 0 amide bonds.